The molecule has 3 heterocycles. The van der Waals surface area contributed by atoms with Gasteiger partial charge in [-0.05, 0) is 49.0 Å². The Morgan fingerprint density at radius 2 is 1.86 bits per heavy atom. The van der Waals surface area contributed by atoms with E-state index in [9.17, 15) is 0 Å². The van der Waals surface area contributed by atoms with Crippen LogP contribution in [0.1, 0.15) is 5.69 Å². The van der Waals surface area contributed by atoms with Crippen molar-refractivity contribution in [2.24, 2.45) is 0 Å². The lowest BCUT2D eigenvalue weighted by Crippen LogP contribution is -1.95. The van der Waals surface area contributed by atoms with Crippen LogP contribution in [0, 0.1) is 6.92 Å². The smallest absolute Gasteiger partial charge is 0.283 e. The summed E-state index contributed by atoms with van der Waals surface area (Å²) in [7, 11) is 1.62. The number of halogens is 1. The lowest BCUT2D eigenvalue weighted by atomic mass is 10.2. The number of benzene rings is 2. The van der Waals surface area contributed by atoms with Gasteiger partial charge in [-0.2, -0.15) is 5.10 Å². The fourth-order valence-corrected chi connectivity index (χ4v) is 3.96. The van der Waals surface area contributed by atoms with E-state index in [1.54, 1.807) is 11.6 Å². The summed E-state index contributed by atoms with van der Waals surface area (Å²) in [6, 6.07) is 15.3. The Bertz CT molecular complexity index is 1350. The van der Waals surface area contributed by atoms with Crippen LogP contribution in [0.5, 0.6) is 5.75 Å². The monoisotopic (exact) mass is 423 g/mol. The number of methoxy groups -OCH3 is 1. The van der Waals surface area contributed by atoms with Crippen LogP contribution in [0.4, 0.5) is 0 Å². The number of para-hydroxylation sites is 1. The van der Waals surface area contributed by atoms with E-state index < -0.39 is 0 Å². The summed E-state index contributed by atoms with van der Waals surface area (Å²) in [4.78, 5) is 4.71. The van der Waals surface area contributed by atoms with Gasteiger partial charge in [0, 0.05) is 10.9 Å². The molecule has 2 aromatic carbocycles. The van der Waals surface area contributed by atoms with Crippen LogP contribution >= 0.6 is 23.4 Å². The van der Waals surface area contributed by atoms with Gasteiger partial charge in [-0.1, -0.05) is 29.8 Å². The largest absolute Gasteiger partial charge is 0.497 e. The summed E-state index contributed by atoms with van der Waals surface area (Å²) in [6.07, 6.45) is 0. The molecular weight excluding hydrogens is 410 g/mol. The van der Waals surface area contributed by atoms with Crippen molar-refractivity contribution >= 4 is 39.9 Å². The van der Waals surface area contributed by atoms with Gasteiger partial charge in [0.2, 0.25) is 5.89 Å². The summed E-state index contributed by atoms with van der Waals surface area (Å²) in [5, 5.41) is 15.4. The summed E-state index contributed by atoms with van der Waals surface area (Å²) in [6.45, 7) is 1.86. The summed E-state index contributed by atoms with van der Waals surface area (Å²) >= 11 is 7.71. The zero-order valence-electron chi connectivity index (χ0n) is 15.5. The van der Waals surface area contributed by atoms with Crippen molar-refractivity contribution in [3.63, 3.8) is 0 Å². The summed E-state index contributed by atoms with van der Waals surface area (Å²) in [5.74, 6) is 1.19. The first kappa shape index (κ1) is 18.0. The van der Waals surface area contributed by atoms with E-state index in [1.807, 2.05) is 55.5 Å². The Morgan fingerprint density at radius 3 is 2.66 bits per heavy atom. The van der Waals surface area contributed by atoms with E-state index in [0.29, 0.717) is 21.8 Å². The number of hydrogen-bond acceptors (Lipinski definition) is 7. The SMILES string of the molecule is COc1ccc(-c2nnc(Sc3nc4c(Cl)c(C)nn4c4ccccc34)o2)cc1. The molecule has 0 fully saturated rings. The highest BCUT2D eigenvalue weighted by Crippen LogP contribution is 2.35. The number of ether oxygens (including phenoxy) is 1. The summed E-state index contributed by atoms with van der Waals surface area (Å²) in [5.41, 5.74) is 3.05. The molecule has 0 N–H and O–H groups in total. The highest BCUT2D eigenvalue weighted by atomic mass is 35.5. The molecule has 9 heteroatoms. The van der Waals surface area contributed by atoms with Gasteiger partial charge in [-0.3, -0.25) is 0 Å². The average Bonchev–Trinajstić information content (AvgIpc) is 3.34. The maximum absolute atomic E-state index is 6.41. The number of aromatic nitrogens is 5. The zero-order chi connectivity index (χ0) is 20.0. The number of aryl methyl sites for hydroxylation is 1. The molecule has 29 heavy (non-hydrogen) atoms. The standard InChI is InChI=1S/C20H14ClN5O2S/c1-11-16(21)17-22-19(14-5-3-4-6-15(14)26(17)25-11)29-20-24-23-18(28-20)12-7-9-13(27-2)10-8-12/h3-10H,1-2H3. The molecule has 0 atom stereocenters. The Balaban J connectivity index is 1.56. The molecule has 0 unspecified atom stereocenters. The number of rotatable bonds is 4. The fraction of sp³-hybridized carbons (Fsp3) is 0.100. The minimum absolute atomic E-state index is 0.394. The van der Waals surface area contributed by atoms with Gasteiger partial charge in [0.15, 0.2) is 5.65 Å². The molecule has 0 aliphatic carbocycles. The molecule has 0 bridgehead atoms. The first-order chi connectivity index (χ1) is 14.1. The Morgan fingerprint density at radius 1 is 1.07 bits per heavy atom. The van der Waals surface area contributed by atoms with Crippen LogP contribution < -0.4 is 4.74 Å². The van der Waals surface area contributed by atoms with Crippen LogP contribution in [-0.2, 0) is 0 Å². The molecule has 0 saturated heterocycles. The second-order valence-electron chi connectivity index (χ2n) is 6.27. The molecule has 0 aliphatic rings. The summed E-state index contributed by atoms with van der Waals surface area (Å²) < 4.78 is 12.8. The van der Waals surface area contributed by atoms with E-state index in [2.05, 4.69) is 15.3 Å². The first-order valence-corrected chi connectivity index (χ1v) is 9.93. The molecule has 0 radical (unpaired) electrons. The van der Waals surface area contributed by atoms with E-state index in [1.165, 1.54) is 11.8 Å². The molecule has 0 aliphatic heterocycles. The highest BCUT2D eigenvalue weighted by Gasteiger charge is 2.18. The first-order valence-electron chi connectivity index (χ1n) is 8.73. The molecule has 3 aromatic heterocycles. The highest BCUT2D eigenvalue weighted by molar-refractivity contribution is 7.99. The molecule has 144 valence electrons. The van der Waals surface area contributed by atoms with E-state index >= 15 is 0 Å². The molecule has 7 nitrogen and oxygen atoms in total. The van der Waals surface area contributed by atoms with E-state index in [4.69, 9.17) is 25.7 Å². The molecule has 0 saturated carbocycles. The van der Waals surface area contributed by atoms with Gasteiger partial charge in [-0.15, -0.1) is 10.2 Å². The Labute approximate surface area is 174 Å². The van der Waals surface area contributed by atoms with Crippen molar-refractivity contribution in [2.75, 3.05) is 7.11 Å². The van der Waals surface area contributed by atoms with Crippen molar-refractivity contribution in [2.45, 2.75) is 17.2 Å². The van der Waals surface area contributed by atoms with Crippen LogP contribution in [0.25, 0.3) is 28.0 Å². The van der Waals surface area contributed by atoms with Gasteiger partial charge >= 0.3 is 0 Å². The molecule has 0 spiro atoms. The van der Waals surface area contributed by atoms with Crippen molar-refractivity contribution in [1.82, 2.24) is 24.8 Å². The second kappa shape index (κ2) is 7.06. The minimum Gasteiger partial charge on any atom is -0.497 e. The quantitative estimate of drug-likeness (QED) is 0.374. The Hall–Kier alpha value is -3.10. The third kappa shape index (κ3) is 3.10. The number of hydrogen-bond donors (Lipinski definition) is 0. The molecule has 5 aromatic rings. The minimum atomic E-state index is 0.394. The van der Waals surface area contributed by atoms with Crippen LogP contribution in [0.2, 0.25) is 5.02 Å². The van der Waals surface area contributed by atoms with E-state index in [-0.39, 0.29) is 0 Å². The van der Waals surface area contributed by atoms with Gasteiger partial charge in [-0.25, -0.2) is 9.50 Å². The maximum atomic E-state index is 6.41. The predicted molar refractivity (Wildman–Crippen MR) is 111 cm³/mol. The fourth-order valence-electron chi connectivity index (χ4n) is 3.02. The van der Waals surface area contributed by atoms with Crippen molar-refractivity contribution in [1.29, 1.82) is 0 Å². The predicted octanol–water partition coefficient (Wildman–Crippen LogP) is 5.05. The third-order valence-electron chi connectivity index (χ3n) is 4.46. The zero-order valence-corrected chi connectivity index (χ0v) is 17.0. The maximum Gasteiger partial charge on any atom is 0.283 e. The van der Waals surface area contributed by atoms with Gasteiger partial charge in [0.25, 0.3) is 5.22 Å². The average molecular weight is 424 g/mol. The molecule has 5 rings (SSSR count). The van der Waals surface area contributed by atoms with Crippen molar-refractivity contribution < 1.29 is 9.15 Å². The molecular formula is C20H14ClN5O2S. The second-order valence-corrected chi connectivity index (χ2v) is 7.59. The van der Waals surface area contributed by atoms with Crippen molar-refractivity contribution in [3.8, 4) is 17.2 Å². The third-order valence-corrected chi connectivity index (χ3v) is 5.75. The Kier molecular flexibility index (Phi) is 4.37. The topological polar surface area (TPSA) is 78.3 Å². The number of fused-ring (bicyclic) bond motifs is 3. The lowest BCUT2D eigenvalue weighted by Gasteiger charge is -2.05. The van der Waals surface area contributed by atoms with E-state index in [0.717, 1.165) is 32.9 Å². The van der Waals surface area contributed by atoms with Crippen LogP contribution in [-0.4, -0.2) is 31.9 Å². The molecule has 0 amide bonds. The van der Waals surface area contributed by atoms with Gasteiger partial charge < -0.3 is 9.15 Å². The lowest BCUT2D eigenvalue weighted by molar-refractivity contribution is 0.414. The van der Waals surface area contributed by atoms with Gasteiger partial charge in [0.1, 0.15) is 15.8 Å². The number of nitrogens with zero attached hydrogens (tertiary/aromatic N) is 5. The van der Waals surface area contributed by atoms with Gasteiger partial charge in [0.05, 0.1) is 18.3 Å². The van der Waals surface area contributed by atoms with Crippen molar-refractivity contribution in [3.05, 3.63) is 59.2 Å². The van der Waals surface area contributed by atoms with Crippen LogP contribution in [0.3, 0.4) is 0 Å². The normalized spacial score (nSPS) is 11.4. The van der Waals surface area contributed by atoms with Crippen LogP contribution in [0.15, 0.2) is 63.2 Å².